The Balaban J connectivity index is 1.67. The van der Waals surface area contributed by atoms with Crippen LogP contribution in [0.25, 0.3) is 21.3 Å². The number of fused-ring (bicyclic) bond motifs is 1. The highest BCUT2D eigenvalue weighted by molar-refractivity contribution is 7.17. The molecule has 1 N–H and O–H groups in total. The van der Waals surface area contributed by atoms with Gasteiger partial charge in [-0.25, -0.2) is 9.97 Å². The minimum absolute atomic E-state index is 0.526. The molecule has 4 rings (SSSR count). The highest BCUT2D eigenvalue weighted by Crippen LogP contribution is 2.38. The van der Waals surface area contributed by atoms with Gasteiger partial charge in [-0.1, -0.05) is 38.1 Å². The zero-order chi connectivity index (χ0) is 21.1. The van der Waals surface area contributed by atoms with Crippen LogP contribution in [0.4, 0.5) is 17.2 Å². The summed E-state index contributed by atoms with van der Waals surface area (Å²) in [6, 6.07) is 17.4. The predicted octanol–water partition coefficient (Wildman–Crippen LogP) is 7.07. The van der Waals surface area contributed by atoms with Crippen molar-refractivity contribution in [2.24, 2.45) is 0 Å². The predicted molar refractivity (Wildman–Crippen MR) is 130 cm³/mol. The zero-order valence-corrected chi connectivity index (χ0v) is 18.8. The molecular formula is C25H28N4S. The Kier molecular flexibility index (Phi) is 6.00. The zero-order valence-electron chi connectivity index (χ0n) is 18.0. The largest absolute Gasteiger partial charge is 0.372 e. The first-order valence-corrected chi connectivity index (χ1v) is 11.4. The van der Waals surface area contributed by atoms with Crippen molar-refractivity contribution in [3.8, 4) is 11.1 Å². The van der Waals surface area contributed by atoms with E-state index in [0.717, 1.165) is 34.8 Å². The van der Waals surface area contributed by atoms with Gasteiger partial charge in [0.25, 0.3) is 0 Å². The third-order valence-corrected chi connectivity index (χ3v) is 6.40. The molecule has 0 radical (unpaired) electrons. The van der Waals surface area contributed by atoms with Crippen LogP contribution < -0.4 is 10.2 Å². The Morgan fingerprint density at radius 3 is 2.27 bits per heavy atom. The second-order valence-electron chi connectivity index (χ2n) is 7.67. The Morgan fingerprint density at radius 2 is 1.63 bits per heavy atom. The maximum atomic E-state index is 4.57. The molecule has 4 aromatic rings. The summed E-state index contributed by atoms with van der Waals surface area (Å²) in [5, 5.41) is 6.77. The van der Waals surface area contributed by atoms with Gasteiger partial charge in [0.05, 0.1) is 5.39 Å². The number of nitrogens with zero attached hydrogens (tertiary/aromatic N) is 3. The van der Waals surface area contributed by atoms with E-state index in [4.69, 9.17) is 0 Å². The number of hydrogen-bond donors (Lipinski definition) is 1. The van der Waals surface area contributed by atoms with E-state index in [2.05, 4.69) is 102 Å². The minimum atomic E-state index is 0.526. The second kappa shape index (κ2) is 8.84. The van der Waals surface area contributed by atoms with Crippen LogP contribution in [0.2, 0.25) is 0 Å². The molecule has 0 aliphatic rings. The number of aromatic nitrogens is 2. The molecule has 30 heavy (non-hydrogen) atoms. The number of nitrogens with one attached hydrogen (secondary N) is 1. The summed E-state index contributed by atoms with van der Waals surface area (Å²) < 4.78 is 0. The molecule has 4 nitrogen and oxygen atoms in total. The molecule has 0 unspecified atom stereocenters. The lowest BCUT2D eigenvalue weighted by Crippen LogP contribution is -2.21. The standard InChI is InChI=1S/C25H28N4S/c1-5-29(6-2)21-13-11-20(12-14-21)28-24-23-22(15-30-25(23)27-16-26-24)19-9-7-18(8-10-19)17(3)4/h7-17H,5-6H2,1-4H3,(H,26,27,28). The molecule has 5 heteroatoms. The van der Waals surface area contributed by atoms with E-state index in [1.54, 1.807) is 17.7 Å². The Morgan fingerprint density at radius 1 is 0.933 bits per heavy atom. The molecule has 0 saturated carbocycles. The Labute approximate surface area is 182 Å². The molecule has 2 aromatic heterocycles. The van der Waals surface area contributed by atoms with Gasteiger partial charge in [-0.3, -0.25) is 0 Å². The molecule has 0 aliphatic heterocycles. The number of hydrogen-bond acceptors (Lipinski definition) is 5. The third-order valence-electron chi connectivity index (χ3n) is 5.52. The van der Waals surface area contributed by atoms with Gasteiger partial charge < -0.3 is 10.2 Å². The van der Waals surface area contributed by atoms with Crippen LogP contribution in [0.3, 0.4) is 0 Å². The smallest absolute Gasteiger partial charge is 0.143 e. The molecule has 0 amide bonds. The molecule has 154 valence electrons. The highest BCUT2D eigenvalue weighted by Gasteiger charge is 2.14. The van der Waals surface area contributed by atoms with Crippen molar-refractivity contribution in [3.05, 3.63) is 65.8 Å². The van der Waals surface area contributed by atoms with Gasteiger partial charge in [-0.05, 0) is 55.2 Å². The number of rotatable bonds is 7. The maximum absolute atomic E-state index is 4.57. The van der Waals surface area contributed by atoms with Crippen LogP contribution in [-0.2, 0) is 0 Å². The number of anilines is 3. The van der Waals surface area contributed by atoms with Crippen molar-refractivity contribution in [3.63, 3.8) is 0 Å². The lowest BCUT2D eigenvalue weighted by molar-refractivity contribution is 0.866. The van der Waals surface area contributed by atoms with E-state index in [9.17, 15) is 0 Å². The topological polar surface area (TPSA) is 41.0 Å². The van der Waals surface area contributed by atoms with Crippen LogP contribution in [0.1, 0.15) is 39.2 Å². The lowest BCUT2D eigenvalue weighted by atomic mass is 9.99. The van der Waals surface area contributed by atoms with Gasteiger partial charge in [-0.2, -0.15) is 0 Å². The van der Waals surface area contributed by atoms with Crippen molar-refractivity contribution >= 4 is 38.7 Å². The highest BCUT2D eigenvalue weighted by atomic mass is 32.1. The van der Waals surface area contributed by atoms with E-state index >= 15 is 0 Å². The van der Waals surface area contributed by atoms with Gasteiger partial charge in [0, 0.05) is 35.4 Å². The third kappa shape index (κ3) is 4.03. The summed E-state index contributed by atoms with van der Waals surface area (Å²) in [7, 11) is 0. The van der Waals surface area contributed by atoms with E-state index < -0.39 is 0 Å². The Bertz CT molecular complexity index is 1110. The monoisotopic (exact) mass is 416 g/mol. The van der Waals surface area contributed by atoms with Crippen LogP contribution in [0.5, 0.6) is 0 Å². The van der Waals surface area contributed by atoms with Gasteiger partial charge in [0.15, 0.2) is 0 Å². The summed E-state index contributed by atoms with van der Waals surface area (Å²) in [6.07, 6.45) is 1.64. The van der Waals surface area contributed by atoms with Crippen LogP contribution in [0, 0.1) is 0 Å². The second-order valence-corrected chi connectivity index (χ2v) is 8.53. The lowest BCUT2D eigenvalue weighted by Gasteiger charge is -2.21. The maximum Gasteiger partial charge on any atom is 0.143 e. The SMILES string of the molecule is CCN(CC)c1ccc(Nc2ncnc3scc(-c4ccc(C(C)C)cc4)c23)cc1. The van der Waals surface area contributed by atoms with Gasteiger partial charge in [0.1, 0.15) is 17.0 Å². The number of thiophene rings is 1. The summed E-state index contributed by atoms with van der Waals surface area (Å²) in [6.45, 7) is 10.8. The van der Waals surface area contributed by atoms with Crippen LogP contribution in [-0.4, -0.2) is 23.1 Å². The fraction of sp³-hybridized carbons (Fsp3) is 0.280. The van der Waals surface area contributed by atoms with Crippen molar-refractivity contribution in [2.45, 2.75) is 33.6 Å². The first-order valence-electron chi connectivity index (χ1n) is 10.5. The molecule has 2 aromatic carbocycles. The molecule has 0 bridgehead atoms. The van der Waals surface area contributed by atoms with Crippen molar-refractivity contribution < 1.29 is 0 Å². The summed E-state index contributed by atoms with van der Waals surface area (Å²) >= 11 is 1.66. The van der Waals surface area contributed by atoms with E-state index in [0.29, 0.717) is 5.92 Å². The molecule has 0 saturated heterocycles. The van der Waals surface area contributed by atoms with E-state index in [-0.39, 0.29) is 0 Å². The van der Waals surface area contributed by atoms with Crippen LogP contribution in [0.15, 0.2) is 60.2 Å². The first kappa shape index (κ1) is 20.4. The van der Waals surface area contributed by atoms with Gasteiger partial charge >= 0.3 is 0 Å². The van der Waals surface area contributed by atoms with E-state index in [1.807, 2.05) is 0 Å². The van der Waals surface area contributed by atoms with E-state index in [1.165, 1.54) is 22.4 Å². The van der Waals surface area contributed by atoms with Crippen molar-refractivity contribution in [1.29, 1.82) is 0 Å². The summed E-state index contributed by atoms with van der Waals surface area (Å²) in [4.78, 5) is 12.4. The first-order chi connectivity index (χ1) is 14.6. The van der Waals surface area contributed by atoms with Gasteiger partial charge in [-0.15, -0.1) is 11.3 Å². The number of benzene rings is 2. The normalized spacial score (nSPS) is 11.2. The average Bonchev–Trinajstić information content (AvgIpc) is 3.21. The summed E-state index contributed by atoms with van der Waals surface area (Å²) in [5.41, 5.74) is 5.98. The molecule has 0 atom stereocenters. The van der Waals surface area contributed by atoms with Crippen molar-refractivity contribution in [1.82, 2.24) is 9.97 Å². The van der Waals surface area contributed by atoms with Gasteiger partial charge in [0.2, 0.25) is 0 Å². The minimum Gasteiger partial charge on any atom is -0.372 e. The molecule has 0 aliphatic carbocycles. The fourth-order valence-corrected chi connectivity index (χ4v) is 4.63. The molecule has 0 fully saturated rings. The molecule has 0 spiro atoms. The van der Waals surface area contributed by atoms with Crippen LogP contribution >= 0.6 is 11.3 Å². The molecular weight excluding hydrogens is 388 g/mol. The molecule has 2 heterocycles. The fourth-order valence-electron chi connectivity index (χ4n) is 3.71. The quantitative estimate of drug-likeness (QED) is 0.350. The summed E-state index contributed by atoms with van der Waals surface area (Å²) in [5.74, 6) is 1.37. The Hall–Kier alpha value is -2.92. The van der Waals surface area contributed by atoms with Crippen molar-refractivity contribution in [2.75, 3.05) is 23.3 Å². The average molecular weight is 417 g/mol.